The SMILES string of the molecule is O=C(Nc1ccc(N2CCOCC2)cc1C(F)(F)F)c1cc(Cl)nc(Cl)c1. The van der Waals surface area contributed by atoms with Crippen LogP contribution in [0, 0.1) is 0 Å². The fourth-order valence-electron chi connectivity index (χ4n) is 2.68. The highest BCUT2D eigenvalue weighted by Crippen LogP contribution is 2.37. The van der Waals surface area contributed by atoms with Crippen LogP contribution in [-0.2, 0) is 10.9 Å². The zero-order valence-corrected chi connectivity index (χ0v) is 15.3. The van der Waals surface area contributed by atoms with Crippen LogP contribution in [0.3, 0.4) is 0 Å². The van der Waals surface area contributed by atoms with Gasteiger partial charge in [-0.25, -0.2) is 4.98 Å². The van der Waals surface area contributed by atoms with Crippen LogP contribution in [0.1, 0.15) is 15.9 Å². The minimum absolute atomic E-state index is 0.00498. The maximum absolute atomic E-state index is 13.5. The number of anilines is 2. The average molecular weight is 420 g/mol. The first-order valence-corrected chi connectivity index (χ1v) is 8.68. The molecule has 1 aromatic carbocycles. The lowest BCUT2D eigenvalue weighted by atomic mass is 10.1. The Morgan fingerprint density at radius 3 is 2.33 bits per heavy atom. The van der Waals surface area contributed by atoms with Crippen LogP contribution in [0.4, 0.5) is 24.5 Å². The molecule has 0 bridgehead atoms. The summed E-state index contributed by atoms with van der Waals surface area (Å²) in [6.07, 6.45) is -4.64. The van der Waals surface area contributed by atoms with Crippen LogP contribution < -0.4 is 10.2 Å². The Balaban J connectivity index is 1.90. The molecule has 3 rings (SSSR count). The maximum Gasteiger partial charge on any atom is 0.418 e. The Hall–Kier alpha value is -2.03. The lowest BCUT2D eigenvalue weighted by molar-refractivity contribution is -0.136. The molecule has 1 aliphatic heterocycles. The van der Waals surface area contributed by atoms with Crippen LogP contribution in [0.25, 0.3) is 0 Å². The number of pyridine rings is 1. The number of hydrogen-bond acceptors (Lipinski definition) is 4. The molecule has 1 aromatic heterocycles. The van der Waals surface area contributed by atoms with E-state index in [9.17, 15) is 18.0 Å². The summed E-state index contributed by atoms with van der Waals surface area (Å²) in [5.41, 5.74) is -0.872. The summed E-state index contributed by atoms with van der Waals surface area (Å²) in [6.45, 7) is 1.89. The van der Waals surface area contributed by atoms with Gasteiger partial charge in [-0.3, -0.25) is 4.79 Å². The molecule has 0 unspecified atom stereocenters. The fraction of sp³-hybridized carbons (Fsp3) is 0.294. The van der Waals surface area contributed by atoms with Crippen LogP contribution in [-0.4, -0.2) is 37.2 Å². The molecule has 2 aromatic rings. The number of hydrogen-bond donors (Lipinski definition) is 1. The highest BCUT2D eigenvalue weighted by atomic mass is 35.5. The molecule has 1 saturated heterocycles. The summed E-state index contributed by atoms with van der Waals surface area (Å²) in [7, 11) is 0. The van der Waals surface area contributed by atoms with Crippen molar-refractivity contribution in [2.24, 2.45) is 0 Å². The van der Waals surface area contributed by atoms with Crippen molar-refractivity contribution >= 4 is 40.5 Å². The zero-order valence-electron chi connectivity index (χ0n) is 13.8. The molecule has 5 nitrogen and oxygen atoms in total. The van der Waals surface area contributed by atoms with Crippen molar-refractivity contribution in [3.05, 3.63) is 51.8 Å². The van der Waals surface area contributed by atoms with Gasteiger partial charge in [0.2, 0.25) is 0 Å². The minimum atomic E-state index is -4.64. The summed E-state index contributed by atoms with van der Waals surface area (Å²) < 4.78 is 45.8. The van der Waals surface area contributed by atoms with E-state index < -0.39 is 17.6 Å². The number of nitrogens with zero attached hydrogens (tertiary/aromatic N) is 2. The zero-order chi connectivity index (χ0) is 19.6. The fourth-order valence-corrected chi connectivity index (χ4v) is 3.14. The molecule has 0 atom stereocenters. The molecule has 10 heteroatoms. The van der Waals surface area contributed by atoms with Gasteiger partial charge in [-0.05, 0) is 30.3 Å². The Morgan fingerprint density at radius 1 is 1.11 bits per heavy atom. The first kappa shape index (κ1) is 19.7. The van der Waals surface area contributed by atoms with Gasteiger partial charge in [0.05, 0.1) is 24.5 Å². The third-order valence-corrected chi connectivity index (χ3v) is 4.35. The standard InChI is InChI=1S/C17H14Cl2F3N3O2/c18-14-7-10(8-15(19)24-14)16(26)23-13-2-1-11(9-12(13)17(20,21)22)25-3-5-27-6-4-25/h1-2,7-9H,3-6H2,(H,23,26). The van der Waals surface area contributed by atoms with Crippen LogP contribution in [0.15, 0.2) is 30.3 Å². The topological polar surface area (TPSA) is 54.5 Å². The summed E-state index contributed by atoms with van der Waals surface area (Å²) in [5, 5.41) is 2.20. The summed E-state index contributed by atoms with van der Waals surface area (Å²) in [6, 6.07) is 6.22. The molecule has 1 amide bonds. The highest BCUT2D eigenvalue weighted by molar-refractivity contribution is 6.33. The van der Waals surface area contributed by atoms with Gasteiger partial charge in [0.15, 0.2) is 0 Å². The van der Waals surface area contributed by atoms with Gasteiger partial charge in [-0.15, -0.1) is 0 Å². The first-order chi connectivity index (χ1) is 12.7. The number of benzene rings is 1. The van der Waals surface area contributed by atoms with Crippen LogP contribution >= 0.6 is 23.2 Å². The molecule has 0 radical (unpaired) electrons. The second-order valence-corrected chi connectivity index (χ2v) is 6.56. The van der Waals surface area contributed by atoms with Crippen molar-refractivity contribution in [3.8, 4) is 0 Å². The predicted octanol–water partition coefficient (Wildman–Crippen LogP) is 4.50. The quantitative estimate of drug-likeness (QED) is 0.744. The molecule has 1 fully saturated rings. The second-order valence-electron chi connectivity index (χ2n) is 5.78. The van der Waals surface area contributed by atoms with Crippen molar-refractivity contribution in [1.82, 2.24) is 4.98 Å². The van der Waals surface area contributed by atoms with E-state index in [1.807, 2.05) is 0 Å². The summed E-state index contributed by atoms with van der Waals surface area (Å²) in [5.74, 6) is -0.772. The Kier molecular flexibility index (Phi) is 5.78. The summed E-state index contributed by atoms with van der Waals surface area (Å²) >= 11 is 11.5. The Bertz CT molecular complexity index is 836. The number of carbonyl (C=O) groups is 1. The number of aromatic nitrogens is 1. The lowest BCUT2D eigenvalue weighted by Gasteiger charge is -2.29. The van der Waals surface area contributed by atoms with Gasteiger partial charge in [0, 0.05) is 24.3 Å². The van der Waals surface area contributed by atoms with Gasteiger partial charge in [0.25, 0.3) is 5.91 Å². The van der Waals surface area contributed by atoms with E-state index in [1.54, 1.807) is 4.90 Å². The molecule has 0 spiro atoms. The molecular weight excluding hydrogens is 406 g/mol. The van der Waals surface area contributed by atoms with Crippen molar-refractivity contribution in [2.45, 2.75) is 6.18 Å². The third kappa shape index (κ3) is 4.82. The lowest BCUT2D eigenvalue weighted by Crippen LogP contribution is -2.36. The van der Waals surface area contributed by atoms with Crippen molar-refractivity contribution in [2.75, 3.05) is 36.5 Å². The number of carbonyl (C=O) groups excluding carboxylic acids is 1. The van der Waals surface area contributed by atoms with E-state index in [0.29, 0.717) is 32.0 Å². The van der Waals surface area contributed by atoms with Crippen molar-refractivity contribution in [3.63, 3.8) is 0 Å². The van der Waals surface area contributed by atoms with Gasteiger partial charge >= 0.3 is 6.18 Å². The summed E-state index contributed by atoms with van der Waals surface area (Å²) in [4.78, 5) is 17.8. The first-order valence-electron chi connectivity index (χ1n) is 7.92. The van der Waals surface area contributed by atoms with E-state index in [-0.39, 0.29) is 21.6 Å². The highest BCUT2D eigenvalue weighted by Gasteiger charge is 2.35. The molecule has 1 aliphatic rings. The van der Waals surface area contributed by atoms with Gasteiger partial charge < -0.3 is 15.0 Å². The van der Waals surface area contributed by atoms with Crippen LogP contribution in [0.2, 0.25) is 10.3 Å². The van der Waals surface area contributed by atoms with Gasteiger partial charge in [0.1, 0.15) is 10.3 Å². The molecule has 0 saturated carbocycles. The normalized spacial score (nSPS) is 14.9. The smallest absolute Gasteiger partial charge is 0.378 e. The predicted molar refractivity (Wildman–Crippen MR) is 96.7 cm³/mol. The second kappa shape index (κ2) is 7.92. The monoisotopic (exact) mass is 419 g/mol. The molecule has 1 N–H and O–H groups in total. The number of halogens is 5. The molecule has 27 heavy (non-hydrogen) atoms. The van der Waals surface area contributed by atoms with Gasteiger partial charge in [-0.2, -0.15) is 13.2 Å². The molecule has 2 heterocycles. The van der Waals surface area contributed by atoms with E-state index in [4.69, 9.17) is 27.9 Å². The van der Waals surface area contributed by atoms with E-state index in [2.05, 4.69) is 10.3 Å². The number of amides is 1. The molecule has 0 aliphatic carbocycles. The van der Waals surface area contributed by atoms with E-state index in [0.717, 1.165) is 6.07 Å². The molecule has 144 valence electrons. The number of ether oxygens (including phenoxy) is 1. The number of rotatable bonds is 3. The van der Waals surface area contributed by atoms with Crippen LogP contribution in [0.5, 0.6) is 0 Å². The third-order valence-electron chi connectivity index (χ3n) is 3.96. The maximum atomic E-state index is 13.5. The van der Waals surface area contributed by atoms with Crippen molar-refractivity contribution in [1.29, 1.82) is 0 Å². The largest absolute Gasteiger partial charge is 0.418 e. The minimum Gasteiger partial charge on any atom is -0.378 e. The average Bonchev–Trinajstić information content (AvgIpc) is 2.61. The number of nitrogens with one attached hydrogen (secondary N) is 1. The Labute approximate surface area is 163 Å². The Morgan fingerprint density at radius 2 is 1.74 bits per heavy atom. The molecular formula is C17H14Cl2F3N3O2. The van der Waals surface area contributed by atoms with Crippen molar-refractivity contribution < 1.29 is 22.7 Å². The number of alkyl halides is 3. The van der Waals surface area contributed by atoms with E-state index >= 15 is 0 Å². The van der Waals surface area contributed by atoms with E-state index in [1.165, 1.54) is 24.3 Å². The number of morpholine rings is 1. The van der Waals surface area contributed by atoms with Gasteiger partial charge in [-0.1, -0.05) is 23.2 Å².